The van der Waals surface area contributed by atoms with Crippen molar-refractivity contribution in [3.63, 3.8) is 0 Å². The summed E-state index contributed by atoms with van der Waals surface area (Å²) in [7, 11) is 1.58. The van der Waals surface area contributed by atoms with Gasteiger partial charge in [0.1, 0.15) is 0 Å². The highest BCUT2D eigenvalue weighted by Crippen LogP contribution is 2.19. The van der Waals surface area contributed by atoms with E-state index in [1.54, 1.807) is 7.05 Å². The van der Waals surface area contributed by atoms with E-state index in [0.717, 1.165) is 17.5 Å². The summed E-state index contributed by atoms with van der Waals surface area (Å²) in [4.78, 5) is 36.3. The van der Waals surface area contributed by atoms with Crippen LogP contribution in [0.3, 0.4) is 0 Å². The number of nitrogens with zero attached hydrogens (tertiary/aromatic N) is 1. The SMILES string of the molecule is Cn1cc(NC(=O)C(=O)N[C@H](CCc2ccccc2)c2ccccc2)ccc1=O. The lowest BCUT2D eigenvalue weighted by Crippen LogP contribution is -2.38. The second-order valence-corrected chi connectivity index (χ2v) is 6.78. The zero-order valence-electron chi connectivity index (χ0n) is 16.2. The van der Waals surface area contributed by atoms with Gasteiger partial charge in [0.05, 0.1) is 11.7 Å². The average molecular weight is 389 g/mol. The van der Waals surface area contributed by atoms with Crippen molar-refractivity contribution < 1.29 is 9.59 Å². The molecule has 29 heavy (non-hydrogen) atoms. The second kappa shape index (κ2) is 9.50. The van der Waals surface area contributed by atoms with Gasteiger partial charge < -0.3 is 15.2 Å². The number of nitrogens with one attached hydrogen (secondary N) is 2. The Balaban J connectivity index is 1.68. The van der Waals surface area contributed by atoms with Crippen LogP contribution >= 0.6 is 0 Å². The minimum Gasteiger partial charge on any atom is -0.341 e. The fourth-order valence-corrected chi connectivity index (χ4v) is 3.04. The molecule has 3 aromatic rings. The Bertz CT molecular complexity index is 1030. The molecule has 0 bridgehead atoms. The van der Waals surface area contributed by atoms with E-state index in [4.69, 9.17) is 0 Å². The fourth-order valence-electron chi connectivity index (χ4n) is 3.04. The van der Waals surface area contributed by atoms with Gasteiger partial charge in [-0.3, -0.25) is 14.4 Å². The van der Waals surface area contributed by atoms with Crippen molar-refractivity contribution in [2.24, 2.45) is 7.05 Å². The van der Waals surface area contributed by atoms with Crippen LogP contribution in [0.25, 0.3) is 0 Å². The molecule has 0 radical (unpaired) electrons. The van der Waals surface area contributed by atoms with E-state index >= 15 is 0 Å². The van der Waals surface area contributed by atoms with Crippen molar-refractivity contribution in [3.05, 3.63) is 100 Å². The van der Waals surface area contributed by atoms with Crippen molar-refractivity contribution in [2.45, 2.75) is 18.9 Å². The maximum Gasteiger partial charge on any atom is 0.313 e. The molecule has 0 unspecified atom stereocenters. The molecule has 0 aliphatic carbocycles. The number of amides is 2. The lowest BCUT2D eigenvalue weighted by molar-refractivity contribution is -0.136. The Morgan fingerprint density at radius 1 is 0.897 bits per heavy atom. The first-order valence-electron chi connectivity index (χ1n) is 9.40. The van der Waals surface area contributed by atoms with Gasteiger partial charge in [-0.1, -0.05) is 60.7 Å². The molecule has 0 saturated heterocycles. The van der Waals surface area contributed by atoms with E-state index in [2.05, 4.69) is 10.6 Å². The number of carbonyl (C=O) groups is 2. The van der Waals surface area contributed by atoms with E-state index in [0.29, 0.717) is 12.1 Å². The van der Waals surface area contributed by atoms with Crippen LogP contribution in [0.15, 0.2) is 83.8 Å². The number of aryl methyl sites for hydroxylation is 2. The lowest BCUT2D eigenvalue weighted by Gasteiger charge is -2.19. The van der Waals surface area contributed by atoms with Gasteiger partial charge in [0.2, 0.25) is 5.56 Å². The third-order valence-electron chi connectivity index (χ3n) is 4.62. The number of hydrogen-bond donors (Lipinski definition) is 2. The van der Waals surface area contributed by atoms with Crippen LogP contribution in [0.5, 0.6) is 0 Å². The topological polar surface area (TPSA) is 80.2 Å². The molecule has 1 heterocycles. The number of aromatic nitrogens is 1. The van der Waals surface area contributed by atoms with Crippen LogP contribution in [-0.2, 0) is 23.1 Å². The highest BCUT2D eigenvalue weighted by molar-refractivity contribution is 6.39. The zero-order chi connectivity index (χ0) is 20.6. The first-order chi connectivity index (χ1) is 14.0. The van der Waals surface area contributed by atoms with Crippen LogP contribution in [-0.4, -0.2) is 16.4 Å². The summed E-state index contributed by atoms with van der Waals surface area (Å²) in [6, 6.07) is 22.1. The molecule has 0 aliphatic heterocycles. The molecule has 148 valence electrons. The first kappa shape index (κ1) is 20.1. The highest BCUT2D eigenvalue weighted by Gasteiger charge is 2.20. The summed E-state index contributed by atoms with van der Waals surface area (Å²) >= 11 is 0. The smallest absolute Gasteiger partial charge is 0.313 e. The molecule has 2 N–H and O–H groups in total. The monoisotopic (exact) mass is 389 g/mol. The van der Waals surface area contributed by atoms with Gasteiger partial charge in [0.25, 0.3) is 0 Å². The van der Waals surface area contributed by atoms with E-state index in [1.807, 2.05) is 60.7 Å². The molecule has 1 atom stereocenters. The molecule has 0 saturated carbocycles. The predicted molar refractivity (Wildman–Crippen MR) is 112 cm³/mol. The van der Waals surface area contributed by atoms with Gasteiger partial charge >= 0.3 is 11.8 Å². The molecule has 6 heteroatoms. The third-order valence-corrected chi connectivity index (χ3v) is 4.62. The van der Waals surface area contributed by atoms with Crippen LogP contribution in [0.1, 0.15) is 23.6 Å². The fraction of sp³-hybridized carbons (Fsp3) is 0.174. The van der Waals surface area contributed by atoms with Crippen LogP contribution in [0.2, 0.25) is 0 Å². The van der Waals surface area contributed by atoms with Crippen molar-refractivity contribution >= 4 is 17.5 Å². The Morgan fingerprint density at radius 2 is 1.55 bits per heavy atom. The number of carbonyl (C=O) groups excluding carboxylic acids is 2. The van der Waals surface area contributed by atoms with Gasteiger partial charge in [-0.2, -0.15) is 0 Å². The Hall–Kier alpha value is -3.67. The molecule has 6 nitrogen and oxygen atoms in total. The molecule has 2 aromatic carbocycles. The molecule has 3 rings (SSSR count). The quantitative estimate of drug-likeness (QED) is 0.636. The number of hydrogen-bond acceptors (Lipinski definition) is 3. The molecule has 1 aromatic heterocycles. The first-order valence-corrected chi connectivity index (χ1v) is 9.40. The van der Waals surface area contributed by atoms with E-state index < -0.39 is 11.8 Å². The Labute approximate surface area is 169 Å². The van der Waals surface area contributed by atoms with Crippen LogP contribution in [0, 0.1) is 0 Å². The van der Waals surface area contributed by atoms with E-state index in [1.165, 1.54) is 22.9 Å². The normalized spacial score (nSPS) is 11.5. The summed E-state index contributed by atoms with van der Waals surface area (Å²) in [6.45, 7) is 0. The molecule has 0 spiro atoms. The summed E-state index contributed by atoms with van der Waals surface area (Å²) in [5.74, 6) is -1.50. The molecular weight excluding hydrogens is 366 g/mol. The lowest BCUT2D eigenvalue weighted by atomic mass is 9.99. The van der Waals surface area contributed by atoms with Gasteiger partial charge in [-0.25, -0.2) is 0 Å². The number of pyridine rings is 1. The number of benzene rings is 2. The molecule has 0 fully saturated rings. The minimum atomic E-state index is -0.774. The zero-order valence-corrected chi connectivity index (χ0v) is 16.2. The second-order valence-electron chi connectivity index (χ2n) is 6.78. The standard InChI is InChI=1S/C23H23N3O3/c1-26-16-19(13-15-21(26)27)24-22(28)23(29)25-20(18-10-6-3-7-11-18)14-12-17-8-4-2-5-9-17/h2-11,13,15-16,20H,12,14H2,1H3,(H,24,28)(H,25,29)/t20-/m1/s1. The number of anilines is 1. The predicted octanol–water partition coefficient (Wildman–Crippen LogP) is 2.81. The van der Waals surface area contributed by atoms with Crippen molar-refractivity contribution in [1.29, 1.82) is 0 Å². The summed E-state index contributed by atoms with van der Waals surface area (Å²) in [5.41, 5.74) is 2.29. The van der Waals surface area contributed by atoms with Crippen molar-refractivity contribution in [3.8, 4) is 0 Å². The third kappa shape index (κ3) is 5.65. The van der Waals surface area contributed by atoms with Crippen LogP contribution in [0.4, 0.5) is 5.69 Å². The summed E-state index contributed by atoms with van der Waals surface area (Å²) in [6.07, 6.45) is 2.90. The van der Waals surface area contributed by atoms with Gasteiger partial charge in [0, 0.05) is 19.3 Å². The Kier molecular flexibility index (Phi) is 6.58. The summed E-state index contributed by atoms with van der Waals surface area (Å²) in [5, 5.41) is 5.36. The number of rotatable bonds is 6. The van der Waals surface area contributed by atoms with Crippen molar-refractivity contribution in [1.82, 2.24) is 9.88 Å². The minimum absolute atomic E-state index is 0.197. The maximum absolute atomic E-state index is 12.5. The van der Waals surface area contributed by atoms with E-state index in [9.17, 15) is 14.4 Å². The average Bonchev–Trinajstić information content (AvgIpc) is 2.75. The Morgan fingerprint density at radius 3 is 2.21 bits per heavy atom. The molecular formula is C23H23N3O3. The van der Waals surface area contributed by atoms with Crippen molar-refractivity contribution in [2.75, 3.05) is 5.32 Å². The molecule has 0 aliphatic rings. The van der Waals surface area contributed by atoms with E-state index in [-0.39, 0.29) is 11.6 Å². The largest absolute Gasteiger partial charge is 0.341 e. The summed E-state index contributed by atoms with van der Waals surface area (Å²) < 4.78 is 1.33. The maximum atomic E-state index is 12.5. The molecule has 2 amide bonds. The van der Waals surface area contributed by atoms with Gasteiger partial charge in [-0.05, 0) is 30.0 Å². The van der Waals surface area contributed by atoms with Crippen LogP contribution < -0.4 is 16.2 Å². The highest BCUT2D eigenvalue weighted by atomic mass is 16.2. The van der Waals surface area contributed by atoms with Gasteiger partial charge in [-0.15, -0.1) is 0 Å². The van der Waals surface area contributed by atoms with Gasteiger partial charge in [0.15, 0.2) is 0 Å².